The van der Waals surface area contributed by atoms with Crippen LogP contribution in [-0.4, -0.2) is 4.57 Å². The topological polar surface area (TPSA) is 8.17 Å². The fraction of sp³-hybridized carbons (Fsp3) is 0. The highest BCUT2D eigenvalue weighted by Crippen LogP contribution is 2.41. The lowest BCUT2D eigenvalue weighted by molar-refractivity contribution is 1.18. The molecule has 0 N–H and O–H groups in total. The van der Waals surface area contributed by atoms with Crippen LogP contribution in [0.2, 0.25) is 0 Å². The minimum Gasteiger partial charge on any atom is -0.311 e. The van der Waals surface area contributed by atoms with Crippen molar-refractivity contribution in [2.75, 3.05) is 4.90 Å². The molecular weight excluding hydrogens is 749 g/mol. The third-order valence-corrected chi connectivity index (χ3v) is 12.6. The van der Waals surface area contributed by atoms with Gasteiger partial charge in [-0.25, -0.2) is 0 Å². The molecule has 0 amide bonds. The van der Waals surface area contributed by atoms with Crippen LogP contribution in [0.4, 0.5) is 17.1 Å². The average Bonchev–Trinajstić information content (AvgIpc) is 3.69. The van der Waals surface area contributed by atoms with Gasteiger partial charge in [0, 0.05) is 33.5 Å². The van der Waals surface area contributed by atoms with Crippen molar-refractivity contribution >= 4 is 71.2 Å². The molecule has 1 heterocycles. The lowest BCUT2D eigenvalue weighted by atomic mass is 9.92. The normalized spacial score (nSPS) is 11.5. The number of aromatic nitrogens is 1. The summed E-state index contributed by atoms with van der Waals surface area (Å²) in [7, 11) is 0. The maximum Gasteiger partial charge on any atom is 0.0541 e. The van der Waals surface area contributed by atoms with E-state index >= 15 is 0 Å². The zero-order valence-electron chi connectivity index (χ0n) is 34.0. The maximum absolute atomic E-state index is 2.37. The molecular formula is C60H40N2. The van der Waals surface area contributed by atoms with Gasteiger partial charge in [-0.3, -0.25) is 0 Å². The predicted octanol–water partition coefficient (Wildman–Crippen LogP) is 16.7. The van der Waals surface area contributed by atoms with E-state index < -0.39 is 0 Å². The van der Waals surface area contributed by atoms with Crippen LogP contribution < -0.4 is 4.90 Å². The van der Waals surface area contributed by atoms with E-state index in [0.29, 0.717) is 0 Å². The highest BCUT2D eigenvalue weighted by atomic mass is 15.1. The molecule has 62 heavy (non-hydrogen) atoms. The van der Waals surface area contributed by atoms with Crippen LogP contribution in [0.25, 0.3) is 93.2 Å². The van der Waals surface area contributed by atoms with Gasteiger partial charge in [0.2, 0.25) is 0 Å². The Morgan fingerprint density at radius 2 is 0.581 bits per heavy atom. The monoisotopic (exact) mass is 788 g/mol. The number of hydrogen-bond acceptors (Lipinski definition) is 1. The summed E-state index contributed by atoms with van der Waals surface area (Å²) in [4.78, 5) is 2.36. The lowest BCUT2D eigenvalue weighted by Gasteiger charge is -2.26. The van der Waals surface area contributed by atoms with E-state index in [1.807, 2.05) is 0 Å². The molecule has 2 heteroatoms. The Bertz CT molecular complexity index is 3550. The highest BCUT2D eigenvalue weighted by molar-refractivity contribution is 6.25. The van der Waals surface area contributed by atoms with Crippen LogP contribution in [-0.2, 0) is 0 Å². The van der Waals surface area contributed by atoms with E-state index in [2.05, 4.69) is 252 Å². The Morgan fingerprint density at radius 1 is 0.226 bits per heavy atom. The van der Waals surface area contributed by atoms with Gasteiger partial charge in [-0.15, -0.1) is 0 Å². The van der Waals surface area contributed by atoms with Crippen molar-refractivity contribution in [3.8, 4) is 39.1 Å². The summed E-state index contributed by atoms with van der Waals surface area (Å²) in [5.41, 5.74) is 14.0. The Morgan fingerprint density at radius 3 is 1.13 bits per heavy atom. The summed E-state index contributed by atoms with van der Waals surface area (Å²) in [6.45, 7) is 0. The largest absolute Gasteiger partial charge is 0.311 e. The van der Waals surface area contributed by atoms with E-state index in [1.165, 1.54) is 93.2 Å². The van der Waals surface area contributed by atoms with Crippen molar-refractivity contribution in [2.24, 2.45) is 0 Å². The molecule has 0 fully saturated rings. The summed E-state index contributed by atoms with van der Waals surface area (Å²) < 4.78 is 2.37. The Kier molecular flexibility index (Phi) is 8.53. The number of benzene rings is 11. The molecule has 0 aliphatic carbocycles. The number of anilines is 3. The summed E-state index contributed by atoms with van der Waals surface area (Å²) in [5, 5.41) is 10.2. The highest BCUT2D eigenvalue weighted by Gasteiger charge is 2.17. The van der Waals surface area contributed by atoms with Gasteiger partial charge >= 0.3 is 0 Å². The standard InChI is InChI=1S/C60H40N2/c1-3-13-41(14-4-1)42-23-31-48(32-24-42)61(49-33-25-43(26-34-49)45-29-37-55-53-19-8-7-17-51(53)52-18-9-10-20-54(52)57(55)39-45)50-35-27-44(28-36-50)46-30-38-60-58(40-46)56-21-11-12-22-59(56)62(60)47-15-5-2-6-16-47/h1-40H. The first-order valence-corrected chi connectivity index (χ1v) is 21.3. The van der Waals surface area contributed by atoms with Gasteiger partial charge in [-0.05, 0) is 138 Å². The molecule has 290 valence electrons. The number of hydrogen-bond donors (Lipinski definition) is 0. The van der Waals surface area contributed by atoms with Crippen LogP contribution in [0, 0.1) is 0 Å². The lowest BCUT2D eigenvalue weighted by Crippen LogP contribution is -2.09. The number of para-hydroxylation sites is 2. The van der Waals surface area contributed by atoms with Crippen molar-refractivity contribution in [2.45, 2.75) is 0 Å². The average molecular weight is 789 g/mol. The molecule has 0 bridgehead atoms. The SMILES string of the molecule is c1ccc(-c2ccc(N(c3ccc(-c4ccc5c6ccccc6c6ccccc6c5c4)cc3)c3ccc(-c4ccc5c(c4)c4ccccc4n5-c4ccccc4)cc3)cc2)cc1. The van der Waals surface area contributed by atoms with Crippen LogP contribution in [0.3, 0.4) is 0 Å². The van der Waals surface area contributed by atoms with E-state index in [1.54, 1.807) is 0 Å². The van der Waals surface area contributed by atoms with Crippen molar-refractivity contribution in [3.05, 3.63) is 243 Å². The molecule has 0 radical (unpaired) electrons. The van der Waals surface area contributed by atoms with Crippen molar-refractivity contribution in [3.63, 3.8) is 0 Å². The van der Waals surface area contributed by atoms with Crippen LogP contribution in [0.15, 0.2) is 243 Å². The number of rotatable bonds is 7. The second-order valence-corrected chi connectivity index (χ2v) is 16.1. The Balaban J connectivity index is 0.929. The molecule has 0 saturated heterocycles. The van der Waals surface area contributed by atoms with Gasteiger partial charge in [-0.1, -0.05) is 170 Å². The second kappa shape index (κ2) is 14.8. The maximum atomic E-state index is 2.37. The molecule has 12 aromatic rings. The second-order valence-electron chi connectivity index (χ2n) is 16.1. The van der Waals surface area contributed by atoms with Gasteiger partial charge in [0.1, 0.15) is 0 Å². The minimum atomic E-state index is 1.10. The first-order chi connectivity index (χ1) is 30.7. The van der Waals surface area contributed by atoms with Crippen molar-refractivity contribution in [1.29, 1.82) is 0 Å². The van der Waals surface area contributed by atoms with E-state index in [4.69, 9.17) is 0 Å². The van der Waals surface area contributed by atoms with Gasteiger partial charge in [0.05, 0.1) is 11.0 Å². The van der Waals surface area contributed by atoms with Crippen LogP contribution in [0.5, 0.6) is 0 Å². The first-order valence-electron chi connectivity index (χ1n) is 21.3. The fourth-order valence-electron chi connectivity index (χ4n) is 9.58. The summed E-state index contributed by atoms with van der Waals surface area (Å²) >= 11 is 0. The van der Waals surface area contributed by atoms with E-state index in [0.717, 1.165) is 17.1 Å². The summed E-state index contributed by atoms with van der Waals surface area (Å²) in [6, 6.07) is 88.3. The first kappa shape index (κ1) is 35.7. The molecule has 12 rings (SSSR count). The summed E-state index contributed by atoms with van der Waals surface area (Å²) in [5.74, 6) is 0. The number of fused-ring (bicyclic) bond motifs is 9. The van der Waals surface area contributed by atoms with Gasteiger partial charge in [0.15, 0.2) is 0 Å². The quantitative estimate of drug-likeness (QED) is 0.146. The molecule has 0 aliphatic heterocycles. The molecule has 0 saturated carbocycles. The van der Waals surface area contributed by atoms with Gasteiger partial charge < -0.3 is 9.47 Å². The fourth-order valence-corrected chi connectivity index (χ4v) is 9.58. The van der Waals surface area contributed by atoms with Gasteiger partial charge in [-0.2, -0.15) is 0 Å². The third kappa shape index (κ3) is 6.04. The van der Waals surface area contributed by atoms with Crippen molar-refractivity contribution in [1.82, 2.24) is 4.57 Å². The van der Waals surface area contributed by atoms with E-state index in [-0.39, 0.29) is 0 Å². The molecule has 0 unspecified atom stereocenters. The minimum absolute atomic E-state index is 1.10. The van der Waals surface area contributed by atoms with Crippen LogP contribution in [0.1, 0.15) is 0 Å². The molecule has 2 nitrogen and oxygen atoms in total. The van der Waals surface area contributed by atoms with Crippen molar-refractivity contribution < 1.29 is 0 Å². The zero-order chi connectivity index (χ0) is 41.0. The molecule has 0 atom stereocenters. The molecule has 1 aromatic heterocycles. The van der Waals surface area contributed by atoms with Gasteiger partial charge in [0.25, 0.3) is 0 Å². The smallest absolute Gasteiger partial charge is 0.0541 e. The van der Waals surface area contributed by atoms with Crippen LogP contribution >= 0.6 is 0 Å². The number of nitrogens with zero attached hydrogens (tertiary/aromatic N) is 2. The Labute approximate surface area is 360 Å². The Hall–Kier alpha value is -8.20. The predicted molar refractivity (Wildman–Crippen MR) is 264 cm³/mol. The van der Waals surface area contributed by atoms with E-state index in [9.17, 15) is 0 Å². The molecule has 11 aromatic carbocycles. The third-order valence-electron chi connectivity index (χ3n) is 12.6. The molecule has 0 aliphatic rings. The zero-order valence-corrected chi connectivity index (χ0v) is 34.0. The summed E-state index contributed by atoms with van der Waals surface area (Å²) in [6.07, 6.45) is 0. The molecule has 0 spiro atoms.